The largest absolute Gasteiger partial charge is 0.120 e. The van der Waals surface area contributed by atoms with Crippen molar-refractivity contribution in [3.8, 4) is 12.3 Å². The van der Waals surface area contributed by atoms with Crippen molar-refractivity contribution in [2.45, 2.75) is 19.8 Å². The molecule has 0 atom stereocenters. The Balaban J connectivity index is 2.80. The molecular weight excluding hydrogens is 212 g/mol. The summed E-state index contributed by atoms with van der Waals surface area (Å²) >= 11 is 3.45. The fourth-order valence-corrected chi connectivity index (χ4v) is 1.83. The predicted octanol–water partition coefficient (Wildman–Crippen LogP) is 3.32. The van der Waals surface area contributed by atoms with Crippen LogP contribution in [0.1, 0.15) is 17.5 Å². The van der Waals surface area contributed by atoms with Crippen LogP contribution in [0.2, 0.25) is 0 Å². The van der Waals surface area contributed by atoms with Crippen molar-refractivity contribution in [2.24, 2.45) is 0 Å². The second kappa shape index (κ2) is 4.33. The van der Waals surface area contributed by atoms with Crippen molar-refractivity contribution in [1.82, 2.24) is 0 Å². The molecule has 0 heterocycles. The van der Waals surface area contributed by atoms with E-state index in [0.717, 1.165) is 17.3 Å². The number of hydrogen-bond donors (Lipinski definition) is 0. The number of aryl methyl sites for hydroxylation is 2. The van der Waals surface area contributed by atoms with Crippen molar-refractivity contribution >= 4 is 15.9 Å². The van der Waals surface area contributed by atoms with E-state index in [4.69, 9.17) is 6.42 Å². The van der Waals surface area contributed by atoms with Gasteiger partial charge in [-0.2, -0.15) is 0 Å². The fraction of sp³-hybridized carbons (Fsp3) is 0.273. The number of benzene rings is 1. The summed E-state index contributed by atoms with van der Waals surface area (Å²) in [5.74, 6) is 2.64. The normalized spacial score (nSPS) is 9.42. The van der Waals surface area contributed by atoms with E-state index in [1.54, 1.807) is 0 Å². The molecule has 1 aromatic carbocycles. The molecule has 0 saturated heterocycles. The van der Waals surface area contributed by atoms with Gasteiger partial charge in [0, 0.05) is 10.9 Å². The molecule has 1 heteroatoms. The van der Waals surface area contributed by atoms with Crippen LogP contribution in [-0.4, -0.2) is 0 Å². The summed E-state index contributed by atoms with van der Waals surface area (Å²) < 4.78 is 1.13. The van der Waals surface area contributed by atoms with Crippen LogP contribution in [0, 0.1) is 19.3 Å². The molecule has 0 aliphatic carbocycles. The third-order valence-corrected chi connectivity index (χ3v) is 2.12. The fourth-order valence-electron chi connectivity index (χ4n) is 1.17. The first-order chi connectivity index (χ1) is 5.72. The third kappa shape index (κ3) is 2.71. The Morgan fingerprint density at radius 3 is 2.75 bits per heavy atom. The lowest BCUT2D eigenvalue weighted by Gasteiger charge is -2.00. The number of rotatable bonds is 2. The van der Waals surface area contributed by atoms with Crippen molar-refractivity contribution in [2.75, 3.05) is 0 Å². The summed E-state index contributed by atoms with van der Waals surface area (Å²) in [6.45, 7) is 2.09. The third-order valence-electron chi connectivity index (χ3n) is 1.66. The summed E-state index contributed by atoms with van der Waals surface area (Å²) in [6.07, 6.45) is 6.98. The Kier molecular flexibility index (Phi) is 3.37. The van der Waals surface area contributed by atoms with Crippen LogP contribution in [0.4, 0.5) is 0 Å². The van der Waals surface area contributed by atoms with Gasteiger partial charge in [0.05, 0.1) is 0 Å². The molecule has 1 rings (SSSR count). The SMILES string of the molecule is C#CCCc1cc(C)cc(Br)c1. The monoisotopic (exact) mass is 222 g/mol. The highest BCUT2D eigenvalue weighted by molar-refractivity contribution is 9.10. The van der Waals surface area contributed by atoms with E-state index < -0.39 is 0 Å². The van der Waals surface area contributed by atoms with Gasteiger partial charge in [0.15, 0.2) is 0 Å². The highest BCUT2D eigenvalue weighted by Gasteiger charge is 1.95. The minimum Gasteiger partial charge on any atom is -0.120 e. The Labute approximate surface area is 82.1 Å². The molecule has 0 nitrogen and oxygen atoms in total. The van der Waals surface area contributed by atoms with Crippen molar-refractivity contribution < 1.29 is 0 Å². The topological polar surface area (TPSA) is 0 Å². The maximum absolute atomic E-state index is 5.19. The van der Waals surface area contributed by atoms with E-state index in [0.29, 0.717) is 0 Å². The zero-order chi connectivity index (χ0) is 8.97. The summed E-state index contributed by atoms with van der Waals surface area (Å²) in [4.78, 5) is 0. The van der Waals surface area contributed by atoms with Gasteiger partial charge in [-0.1, -0.05) is 22.0 Å². The Morgan fingerprint density at radius 1 is 1.42 bits per heavy atom. The second-order valence-corrected chi connectivity index (χ2v) is 3.76. The molecule has 12 heavy (non-hydrogen) atoms. The van der Waals surface area contributed by atoms with Gasteiger partial charge in [0.2, 0.25) is 0 Å². The van der Waals surface area contributed by atoms with E-state index in [9.17, 15) is 0 Å². The summed E-state index contributed by atoms with van der Waals surface area (Å²) in [7, 11) is 0. The van der Waals surface area contributed by atoms with Crippen LogP contribution in [0.25, 0.3) is 0 Å². The molecular formula is C11H11Br. The predicted molar refractivity (Wildman–Crippen MR) is 56.0 cm³/mol. The summed E-state index contributed by atoms with van der Waals surface area (Å²) in [5, 5.41) is 0. The van der Waals surface area contributed by atoms with Crippen LogP contribution >= 0.6 is 15.9 Å². The average molecular weight is 223 g/mol. The van der Waals surface area contributed by atoms with E-state index in [2.05, 4.69) is 47.0 Å². The molecule has 0 aliphatic heterocycles. The van der Waals surface area contributed by atoms with Crippen LogP contribution in [-0.2, 0) is 6.42 Å². The van der Waals surface area contributed by atoms with Gasteiger partial charge in [-0.3, -0.25) is 0 Å². The molecule has 0 spiro atoms. The minimum absolute atomic E-state index is 0.815. The number of terminal acetylenes is 1. The van der Waals surface area contributed by atoms with Gasteiger partial charge >= 0.3 is 0 Å². The van der Waals surface area contributed by atoms with Gasteiger partial charge in [0.1, 0.15) is 0 Å². The molecule has 0 unspecified atom stereocenters. The zero-order valence-electron chi connectivity index (χ0n) is 7.10. The smallest absolute Gasteiger partial charge is 0.0180 e. The maximum Gasteiger partial charge on any atom is 0.0180 e. The highest BCUT2D eigenvalue weighted by Crippen LogP contribution is 2.16. The Hall–Kier alpha value is -0.740. The minimum atomic E-state index is 0.815. The van der Waals surface area contributed by atoms with Gasteiger partial charge in [-0.25, -0.2) is 0 Å². The maximum atomic E-state index is 5.19. The first-order valence-electron chi connectivity index (χ1n) is 3.92. The van der Waals surface area contributed by atoms with Crippen molar-refractivity contribution in [3.05, 3.63) is 33.8 Å². The summed E-state index contributed by atoms with van der Waals surface area (Å²) in [5.41, 5.74) is 2.58. The number of hydrogen-bond acceptors (Lipinski definition) is 0. The number of halogens is 1. The lowest BCUT2D eigenvalue weighted by atomic mass is 10.1. The lowest BCUT2D eigenvalue weighted by molar-refractivity contribution is 1.02. The quantitative estimate of drug-likeness (QED) is 0.674. The van der Waals surface area contributed by atoms with E-state index in [1.807, 2.05) is 0 Å². The lowest BCUT2D eigenvalue weighted by Crippen LogP contribution is -1.85. The van der Waals surface area contributed by atoms with Crippen LogP contribution in [0.15, 0.2) is 22.7 Å². The van der Waals surface area contributed by atoms with Gasteiger partial charge in [-0.05, 0) is 36.6 Å². The van der Waals surface area contributed by atoms with Crippen LogP contribution in [0.3, 0.4) is 0 Å². The van der Waals surface area contributed by atoms with E-state index in [-0.39, 0.29) is 0 Å². The molecule has 0 fully saturated rings. The highest BCUT2D eigenvalue weighted by atomic mass is 79.9. The molecule has 0 radical (unpaired) electrons. The molecule has 62 valence electrons. The van der Waals surface area contributed by atoms with Crippen LogP contribution < -0.4 is 0 Å². The van der Waals surface area contributed by atoms with Crippen molar-refractivity contribution in [3.63, 3.8) is 0 Å². The van der Waals surface area contributed by atoms with Gasteiger partial charge < -0.3 is 0 Å². The van der Waals surface area contributed by atoms with E-state index >= 15 is 0 Å². The second-order valence-electron chi connectivity index (χ2n) is 2.84. The first kappa shape index (κ1) is 9.35. The average Bonchev–Trinajstić information content (AvgIpc) is 1.99. The standard InChI is InChI=1S/C11H11Br/c1-3-4-5-10-6-9(2)7-11(12)8-10/h1,6-8H,4-5H2,2H3. The molecule has 0 amide bonds. The van der Waals surface area contributed by atoms with Crippen molar-refractivity contribution in [1.29, 1.82) is 0 Å². The molecule has 0 aliphatic rings. The van der Waals surface area contributed by atoms with E-state index in [1.165, 1.54) is 11.1 Å². The molecule has 0 bridgehead atoms. The zero-order valence-corrected chi connectivity index (χ0v) is 8.69. The first-order valence-corrected chi connectivity index (χ1v) is 4.71. The molecule has 0 N–H and O–H groups in total. The Bertz CT molecular complexity index is 287. The Morgan fingerprint density at radius 2 is 2.17 bits per heavy atom. The van der Waals surface area contributed by atoms with Crippen LogP contribution in [0.5, 0.6) is 0 Å². The molecule has 0 saturated carbocycles. The van der Waals surface area contributed by atoms with Gasteiger partial charge in [-0.15, -0.1) is 12.3 Å². The summed E-state index contributed by atoms with van der Waals surface area (Å²) in [6, 6.07) is 6.38. The molecule has 1 aromatic rings. The molecule has 0 aromatic heterocycles. The van der Waals surface area contributed by atoms with Gasteiger partial charge in [0.25, 0.3) is 0 Å².